The minimum Gasteiger partial charge on any atom is -0.508 e. The Labute approximate surface area is 119 Å². The van der Waals surface area contributed by atoms with E-state index in [0.717, 1.165) is 11.3 Å². The number of benzene rings is 1. The monoisotopic (exact) mass is 291 g/mol. The normalized spacial score (nSPS) is 10.2. The van der Waals surface area contributed by atoms with Crippen LogP contribution in [0.4, 0.5) is 5.69 Å². The zero-order valence-electron chi connectivity index (χ0n) is 10.7. The Hall–Kier alpha value is -2.34. The molecule has 0 atom stereocenters. The average Bonchev–Trinajstić information content (AvgIpc) is 2.89. The Morgan fingerprint density at radius 2 is 1.90 bits per heavy atom. The molecule has 5 nitrogen and oxygen atoms in total. The lowest BCUT2D eigenvalue weighted by Gasteiger charge is -2.20. The quantitative estimate of drug-likeness (QED) is 0.908. The molecule has 0 saturated carbocycles. The predicted molar refractivity (Wildman–Crippen MR) is 76.7 cm³/mol. The van der Waals surface area contributed by atoms with Crippen LogP contribution in [0.5, 0.6) is 5.75 Å². The third kappa shape index (κ3) is 2.80. The van der Waals surface area contributed by atoms with Crippen molar-refractivity contribution < 1.29 is 19.8 Å². The van der Waals surface area contributed by atoms with E-state index >= 15 is 0 Å². The van der Waals surface area contributed by atoms with Crippen molar-refractivity contribution in [3.05, 3.63) is 46.2 Å². The Morgan fingerprint density at radius 3 is 2.45 bits per heavy atom. The number of phenols is 1. The summed E-state index contributed by atoms with van der Waals surface area (Å²) in [7, 11) is 0. The topological polar surface area (TPSA) is 77.8 Å². The van der Waals surface area contributed by atoms with Gasteiger partial charge in [-0.1, -0.05) is 6.07 Å². The molecule has 0 saturated heterocycles. The number of rotatable bonds is 4. The first-order valence-corrected chi connectivity index (χ1v) is 6.78. The van der Waals surface area contributed by atoms with Gasteiger partial charge in [0.2, 0.25) is 0 Å². The maximum absolute atomic E-state index is 12.4. The van der Waals surface area contributed by atoms with Crippen molar-refractivity contribution in [3.8, 4) is 5.75 Å². The molecule has 0 bridgehead atoms. The number of carbonyl (C=O) groups is 2. The van der Waals surface area contributed by atoms with Crippen LogP contribution in [0.1, 0.15) is 26.3 Å². The zero-order valence-corrected chi connectivity index (χ0v) is 11.6. The number of carboxylic acid groups (broad SMARTS) is 1. The van der Waals surface area contributed by atoms with Crippen molar-refractivity contribution in [1.82, 2.24) is 0 Å². The van der Waals surface area contributed by atoms with Crippen molar-refractivity contribution in [1.29, 1.82) is 0 Å². The van der Waals surface area contributed by atoms with Crippen molar-refractivity contribution in [3.63, 3.8) is 0 Å². The van der Waals surface area contributed by atoms with Crippen molar-refractivity contribution in [2.75, 3.05) is 11.4 Å². The first-order chi connectivity index (χ1) is 9.52. The van der Waals surface area contributed by atoms with Gasteiger partial charge in [-0.05, 0) is 31.2 Å². The number of phenolic OH excluding ortho intramolecular Hbond substituents is 1. The number of carboxylic acids is 1. The van der Waals surface area contributed by atoms with E-state index in [1.165, 1.54) is 29.2 Å². The molecule has 0 spiro atoms. The number of amides is 1. The van der Waals surface area contributed by atoms with Crippen LogP contribution in [0.2, 0.25) is 0 Å². The predicted octanol–water partition coefficient (Wildman–Crippen LogP) is 2.82. The summed E-state index contributed by atoms with van der Waals surface area (Å²) in [6.45, 7) is 2.23. The number of aromatic hydroxyl groups is 1. The van der Waals surface area contributed by atoms with Crippen LogP contribution in [-0.2, 0) is 0 Å². The molecule has 0 unspecified atom stereocenters. The minimum absolute atomic E-state index is 0.0751. The Kier molecular flexibility index (Phi) is 4.05. The van der Waals surface area contributed by atoms with Gasteiger partial charge in [0.05, 0.1) is 4.88 Å². The van der Waals surface area contributed by atoms with Gasteiger partial charge < -0.3 is 15.1 Å². The van der Waals surface area contributed by atoms with Crippen molar-refractivity contribution >= 4 is 28.9 Å². The summed E-state index contributed by atoms with van der Waals surface area (Å²) < 4.78 is 0. The number of thiophene rings is 1. The third-order valence-corrected chi connectivity index (χ3v) is 3.79. The van der Waals surface area contributed by atoms with Crippen LogP contribution in [0.15, 0.2) is 36.4 Å². The van der Waals surface area contributed by atoms with Gasteiger partial charge in [0.15, 0.2) is 0 Å². The molecular weight excluding hydrogens is 278 g/mol. The number of nitrogens with zero attached hydrogens (tertiary/aromatic N) is 1. The van der Waals surface area contributed by atoms with Crippen LogP contribution in [0.25, 0.3) is 0 Å². The fraction of sp³-hybridized carbons (Fsp3) is 0.143. The van der Waals surface area contributed by atoms with Gasteiger partial charge in [-0.15, -0.1) is 11.3 Å². The van der Waals surface area contributed by atoms with Crippen LogP contribution in [0.3, 0.4) is 0 Å². The molecule has 1 amide bonds. The molecule has 0 aliphatic rings. The van der Waals surface area contributed by atoms with E-state index < -0.39 is 5.97 Å². The molecule has 0 aliphatic carbocycles. The van der Waals surface area contributed by atoms with Gasteiger partial charge >= 0.3 is 5.97 Å². The van der Waals surface area contributed by atoms with Gasteiger partial charge in [-0.2, -0.15) is 0 Å². The number of carbonyl (C=O) groups excluding carboxylic acids is 1. The summed E-state index contributed by atoms with van der Waals surface area (Å²) in [6.07, 6.45) is 0. The minimum atomic E-state index is -1.05. The molecule has 20 heavy (non-hydrogen) atoms. The van der Waals surface area contributed by atoms with Gasteiger partial charge in [-0.25, -0.2) is 4.79 Å². The summed E-state index contributed by atoms with van der Waals surface area (Å²) >= 11 is 0.938. The molecular formula is C14H13NO4S. The summed E-state index contributed by atoms with van der Waals surface area (Å²) in [5.74, 6) is -1.25. The molecule has 104 valence electrons. The Morgan fingerprint density at radius 1 is 1.20 bits per heavy atom. The highest BCUT2D eigenvalue weighted by Gasteiger charge is 2.19. The molecule has 2 N–H and O–H groups in total. The molecule has 2 rings (SSSR count). The van der Waals surface area contributed by atoms with Gasteiger partial charge in [0.1, 0.15) is 10.6 Å². The van der Waals surface area contributed by atoms with Crippen molar-refractivity contribution in [2.24, 2.45) is 0 Å². The van der Waals surface area contributed by atoms with Gasteiger partial charge in [0, 0.05) is 18.3 Å². The molecule has 1 aromatic carbocycles. The largest absolute Gasteiger partial charge is 0.508 e. The van der Waals surface area contributed by atoms with Gasteiger partial charge in [0.25, 0.3) is 5.91 Å². The fourth-order valence-corrected chi connectivity index (χ4v) is 2.60. The summed E-state index contributed by atoms with van der Waals surface area (Å²) in [6, 6.07) is 9.30. The SMILES string of the molecule is CCN(C(=O)c1ccc(C(=O)O)s1)c1cccc(O)c1. The Bertz CT molecular complexity index is 650. The lowest BCUT2D eigenvalue weighted by molar-refractivity contribution is 0.0702. The van der Waals surface area contributed by atoms with Crippen LogP contribution in [-0.4, -0.2) is 28.6 Å². The van der Waals surface area contributed by atoms with Crippen LogP contribution in [0, 0.1) is 0 Å². The first-order valence-electron chi connectivity index (χ1n) is 5.97. The summed E-state index contributed by atoms with van der Waals surface area (Å²) in [5, 5.41) is 18.4. The van der Waals surface area contributed by atoms with Crippen LogP contribution >= 0.6 is 11.3 Å². The lowest BCUT2D eigenvalue weighted by Crippen LogP contribution is -2.29. The zero-order chi connectivity index (χ0) is 14.7. The summed E-state index contributed by atoms with van der Waals surface area (Å²) in [5.41, 5.74) is 0.572. The molecule has 2 aromatic rings. The van der Waals surface area contributed by atoms with E-state index in [-0.39, 0.29) is 16.5 Å². The molecule has 0 aliphatic heterocycles. The molecule has 0 fully saturated rings. The van der Waals surface area contributed by atoms with E-state index in [9.17, 15) is 14.7 Å². The first kappa shape index (κ1) is 14.1. The number of hydrogen-bond donors (Lipinski definition) is 2. The van der Waals surface area contributed by atoms with Crippen molar-refractivity contribution in [2.45, 2.75) is 6.92 Å². The molecule has 0 radical (unpaired) electrons. The second-order valence-electron chi connectivity index (χ2n) is 4.04. The standard InChI is InChI=1S/C14H13NO4S/c1-2-15(9-4-3-5-10(16)8-9)13(17)11-6-7-12(20-11)14(18)19/h3-8,16H,2H2,1H3,(H,18,19). The van der Waals surface area contributed by atoms with Gasteiger partial charge in [-0.3, -0.25) is 4.79 Å². The maximum Gasteiger partial charge on any atom is 0.345 e. The second-order valence-corrected chi connectivity index (χ2v) is 5.12. The second kappa shape index (κ2) is 5.75. The lowest BCUT2D eigenvalue weighted by atomic mass is 10.2. The van der Waals surface area contributed by atoms with E-state index in [2.05, 4.69) is 0 Å². The van der Waals surface area contributed by atoms with Crippen LogP contribution < -0.4 is 4.90 Å². The van der Waals surface area contributed by atoms with E-state index in [0.29, 0.717) is 17.1 Å². The smallest absolute Gasteiger partial charge is 0.345 e. The molecule has 1 aromatic heterocycles. The maximum atomic E-state index is 12.4. The summed E-state index contributed by atoms with van der Waals surface area (Å²) in [4.78, 5) is 25.2. The molecule has 1 heterocycles. The number of anilines is 1. The highest BCUT2D eigenvalue weighted by molar-refractivity contribution is 7.16. The Balaban J connectivity index is 2.31. The number of hydrogen-bond acceptors (Lipinski definition) is 4. The highest BCUT2D eigenvalue weighted by atomic mass is 32.1. The highest BCUT2D eigenvalue weighted by Crippen LogP contribution is 2.24. The van der Waals surface area contributed by atoms with E-state index in [1.807, 2.05) is 6.92 Å². The van der Waals surface area contributed by atoms with E-state index in [4.69, 9.17) is 5.11 Å². The van der Waals surface area contributed by atoms with E-state index in [1.54, 1.807) is 12.1 Å². The number of aromatic carboxylic acids is 1. The third-order valence-electron chi connectivity index (χ3n) is 2.73. The molecule has 6 heteroatoms. The fourth-order valence-electron chi connectivity index (χ4n) is 1.81. The average molecular weight is 291 g/mol.